The summed E-state index contributed by atoms with van der Waals surface area (Å²) < 4.78 is 4.26. The molecule has 2 aromatic heterocycles. The second kappa shape index (κ2) is 7.74. The molecule has 3 rings (SSSR count). The van der Waals surface area contributed by atoms with Crippen molar-refractivity contribution in [3.63, 3.8) is 0 Å². The molecule has 0 bridgehead atoms. The summed E-state index contributed by atoms with van der Waals surface area (Å²) in [6.07, 6.45) is 3.72. The van der Waals surface area contributed by atoms with Gasteiger partial charge in [-0.1, -0.05) is 42.1 Å². The molecule has 0 aliphatic rings. The van der Waals surface area contributed by atoms with E-state index < -0.39 is 0 Å². The molecule has 0 N–H and O–H groups in total. The van der Waals surface area contributed by atoms with E-state index in [0.717, 1.165) is 35.2 Å². The Bertz CT molecular complexity index is 864. The first-order valence-corrected chi connectivity index (χ1v) is 9.46. The average Bonchev–Trinajstić information content (AvgIpc) is 3.20. The van der Waals surface area contributed by atoms with Crippen molar-refractivity contribution in [3.05, 3.63) is 71.3 Å². The molecule has 0 spiro atoms. The van der Waals surface area contributed by atoms with Gasteiger partial charge in [-0.2, -0.15) is 0 Å². The second-order valence-electron chi connectivity index (χ2n) is 6.06. The number of imidazole rings is 1. The minimum absolute atomic E-state index is 0.156. The fourth-order valence-corrected chi connectivity index (χ4v) is 3.88. The molecule has 0 aliphatic heterocycles. The zero-order valence-corrected chi connectivity index (χ0v) is 15.7. The topological polar surface area (TPSA) is 39.8 Å². The molecule has 0 saturated heterocycles. The van der Waals surface area contributed by atoms with Crippen molar-refractivity contribution < 1.29 is 4.79 Å². The van der Waals surface area contributed by atoms with Gasteiger partial charge in [-0.3, -0.25) is 4.79 Å². The fraction of sp³-hybridized carbons (Fsp3) is 0.300. The van der Waals surface area contributed by atoms with Crippen molar-refractivity contribution >= 4 is 17.5 Å². The smallest absolute Gasteiger partial charge is 0.175 e. The number of hydrogen-bond donors (Lipinski definition) is 0. The molecular formula is C20H23N3OS. The van der Waals surface area contributed by atoms with Crippen LogP contribution in [0.5, 0.6) is 0 Å². The fourth-order valence-electron chi connectivity index (χ4n) is 2.98. The van der Waals surface area contributed by atoms with E-state index in [-0.39, 0.29) is 5.78 Å². The first-order chi connectivity index (χ1) is 12.1. The van der Waals surface area contributed by atoms with E-state index in [1.165, 1.54) is 17.3 Å². The van der Waals surface area contributed by atoms with Crippen molar-refractivity contribution in [2.45, 2.75) is 39.0 Å². The molecule has 1 aromatic carbocycles. The van der Waals surface area contributed by atoms with Crippen LogP contribution in [0, 0.1) is 13.8 Å². The van der Waals surface area contributed by atoms with Gasteiger partial charge in [0.05, 0.1) is 5.75 Å². The zero-order chi connectivity index (χ0) is 17.8. The van der Waals surface area contributed by atoms with Crippen molar-refractivity contribution in [2.24, 2.45) is 0 Å². The van der Waals surface area contributed by atoms with E-state index in [1.807, 2.05) is 37.4 Å². The van der Waals surface area contributed by atoms with Gasteiger partial charge in [-0.25, -0.2) is 4.98 Å². The van der Waals surface area contributed by atoms with Crippen LogP contribution in [0.2, 0.25) is 0 Å². The molecule has 2 heterocycles. The van der Waals surface area contributed by atoms with Gasteiger partial charge >= 0.3 is 0 Å². The van der Waals surface area contributed by atoms with Crippen molar-refractivity contribution in [1.29, 1.82) is 0 Å². The van der Waals surface area contributed by atoms with Crippen LogP contribution in [0.15, 0.2) is 53.9 Å². The third-order valence-corrected chi connectivity index (χ3v) is 5.41. The first kappa shape index (κ1) is 17.5. The molecular weight excluding hydrogens is 330 g/mol. The van der Waals surface area contributed by atoms with Gasteiger partial charge in [-0.05, 0) is 32.4 Å². The van der Waals surface area contributed by atoms with Crippen LogP contribution in [0.4, 0.5) is 0 Å². The van der Waals surface area contributed by atoms with Crippen LogP contribution in [0.25, 0.3) is 0 Å². The molecule has 25 heavy (non-hydrogen) atoms. The van der Waals surface area contributed by atoms with Crippen LogP contribution < -0.4 is 0 Å². The van der Waals surface area contributed by atoms with Gasteiger partial charge < -0.3 is 9.13 Å². The first-order valence-electron chi connectivity index (χ1n) is 8.48. The number of hydrogen-bond acceptors (Lipinski definition) is 3. The van der Waals surface area contributed by atoms with E-state index >= 15 is 0 Å². The Morgan fingerprint density at radius 2 is 1.96 bits per heavy atom. The number of ketones is 1. The lowest BCUT2D eigenvalue weighted by Gasteiger charge is -2.10. The number of Topliss-reactive ketones (excluding diaryl/α,β-unsaturated/α-hetero) is 1. The Balaban J connectivity index is 1.74. The number of benzene rings is 1. The molecule has 0 saturated carbocycles. The Morgan fingerprint density at radius 1 is 1.20 bits per heavy atom. The highest BCUT2D eigenvalue weighted by molar-refractivity contribution is 7.99. The number of aryl methyl sites for hydroxylation is 2. The van der Waals surface area contributed by atoms with E-state index in [0.29, 0.717) is 5.75 Å². The number of carbonyl (C=O) groups excluding carboxylic acids is 1. The van der Waals surface area contributed by atoms with E-state index in [2.05, 4.69) is 40.1 Å². The van der Waals surface area contributed by atoms with Crippen molar-refractivity contribution in [2.75, 3.05) is 5.75 Å². The molecule has 3 aromatic rings. The summed E-state index contributed by atoms with van der Waals surface area (Å²) in [5.41, 5.74) is 4.20. The van der Waals surface area contributed by atoms with Gasteiger partial charge in [0.1, 0.15) is 0 Å². The second-order valence-corrected chi connectivity index (χ2v) is 7.01. The van der Waals surface area contributed by atoms with E-state index in [4.69, 9.17) is 0 Å². The number of thioether (sulfide) groups is 1. The third kappa shape index (κ3) is 3.87. The van der Waals surface area contributed by atoms with Crippen molar-refractivity contribution in [3.8, 4) is 0 Å². The molecule has 5 heteroatoms. The molecule has 0 atom stereocenters. The molecule has 0 radical (unpaired) electrons. The van der Waals surface area contributed by atoms with E-state index in [1.54, 1.807) is 6.20 Å². The highest BCUT2D eigenvalue weighted by atomic mass is 32.2. The number of aromatic nitrogens is 3. The summed E-state index contributed by atoms with van der Waals surface area (Å²) in [5.74, 6) is 0.565. The zero-order valence-electron chi connectivity index (χ0n) is 14.9. The SMILES string of the molecule is CCn1ccnc1SCC(=O)c1cc(C)n(Cc2ccccc2)c1C. The summed E-state index contributed by atoms with van der Waals surface area (Å²) >= 11 is 1.50. The predicted molar refractivity (Wildman–Crippen MR) is 102 cm³/mol. The Labute approximate surface area is 152 Å². The largest absolute Gasteiger partial charge is 0.344 e. The highest BCUT2D eigenvalue weighted by Crippen LogP contribution is 2.22. The Kier molecular flexibility index (Phi) is 5.43. The maximum Gasteiger partial charge on any atom is 0.175 e. The van der Waals surface area contributed by atoms with E-state index in [9.17, 15) is 4.79 Å². The van der Waals surface area contributed by atoms with Crippen LogP contribution in [0.1, 0.15) is 34.2 Å². The minimum Gasteiger partial charge on any atom is -0.344 e. The van der Waals surface area contributed by atoms with Crippen molar-refractivity contribution in [1.82, 2.24) is 14.1 Å². The normalized spacial score (nSPS) is 11.0. The van der Waals surface area contributed by atoms with Crippen LogP contribution in [-0.4, -0.2) is 25.7 Å². The van der Waals surface area contributed by atoms with Crippen LogP contribution in [-0.2, 0) is 13.1 Å². The standard InChI is InChI=1S/C20H23N3OS/c1-4-22-11-10-21-20(22)25-14-19(24)18-12-15(2)23(16(18)3)13-17-8-6-5-7-9-17/h5-12H,4,13-14H2,1-3H3. The minimum atomic E-state index is 0.156. The molecule has 0 aliphatic carbocycles. The average molecular weight is 353 g/mol. The maximum absolute atomic E-state index is 12.7. The lowest BCUT2D eigenvalue weighted by atomic mass is 10.2. The van der Waals surface area contributed by atoms with Crippen LogP contribution >= 0.6 is 11.8 Å². The summed E-state index contributed by atoms with van der Waals surface area (Å²) in [4.78, 5) is 17.0. The Hall–Kier alpha value is -2.27. The Morgan fingerprint density at radius 3 is 2.68 bits per heavy atom. The highest BCUT2D eigenvalue weighted by Gasteiger charge is 2.17. The van der Waals surface area contributed by atoms with Gasteiger partial charge in [0.2, 0.25) is 0 Å². The molecule has 0 fully saturated rings. The molecule has 4 nitrogen and oxygen atoms in total. The predicted octanol–water partition coefficient (Wildman–Crippen LogP) is 4.34. The summed E-state index contributed by atoms with van der Waals surface area (Å²) in [6, 6.07) is 12.3. The lowest BCUT2D eigenvalue weighted by Crippen LogP contribution is -2.08. The van der Waals surface area contributed by atoms with Gasteiger partial charge in [-0.15, -0.1) is 0 Å². The molecule has 0 unspecified atom stereocenters. The summed E-state index contributed by atoms with van der Waals surface area (Å²) in [5, 5.41) is 0.897. The number of nitrogens with zero attached hydrogens (tertiary/aromatic N) is 3. The summed E-state index contributed by atoms with van der Waals surface area (Å²) in [6.45, 7) is 7.82. The lowest BCUT2D eigenvalue weighted by molar-refractivity contribution is 0.102. The van der Waals surface area contributed by atoms with Gasteiger partial charge in [0, 0.05) is 42.4 Å². The monoisotopic (exact) mass is 353 g/mol. The number of rotatable bonds is 7. The summed E-state index contributed by atoms with van der Waals surface area (Å²) in [7, 11) is 0. The van der Waals surface area contributed by atoms with Gasteiger partial charge in [0.15, 0.2) is 10.9 Å². The molecule has 130 valence electrons. The van der Waals surface area contributed by atoms with Crippen LogP contribution in [0.3, 0.4) is 0 Å². The third-order valence-electron chi connectivity index (χ3n) is 4.41. The maximum atomic E-state index is 12.7. The van der Waals surface area contributed by atoms with Gasteiger partial charge in [0.25, 0.3) is 0 Å². The quantitative estimate of drug-likeness (QED) is 0.468. The molecule has 0 amide bonds. The number of carbonyl (C=O) groups is 1.